The lowest BCUT2D eigenvalue weighted by molar-refractivity contribution is -0.132. The fourth-order valence-corrected chi connectivity index (χ4v) is 4.84. The van der Waals surface area contributed by atoms with Gasteiger partial charge in [-0.2, -0.15) is 0 Å². The van der Waals surface area contributed by atoms with E-state index in [1.54, 1.807) is 0 Å². The van der Waals surface area contributed by atoms with Crippen LogP contribution in [-0.4, -0.2) is 64.6 Å². The van der Waals surface area contributed by atoms with Crippen LogP contribution in [0.5, 0.6) is 0 Å². The molecule has 2 fully saturated rings. The summed E-state index contributed by atoms with van der Waals surface area (Å²) < 4.78 is 5.23. The molecule has 1 aromatic heterocycles. The normalized spacial score (nSPS) is 21.8. The summed E-state index contributed by atoms with van der Waals surface area (Å²) >= 11 is 1.31. The molecular weight excluding hydrogens is 388 g/mol. The molecule has 0 bridgehead atoms. The van der Waals surface area contributed by atoms with Gasteiger partial charge in [-0.1, -0.05) is 6.92 Å². The zero-order valence-electron chi connectivity index (χ0n) is 18.1. The van der Waals surface area contributed by atoms with Crippen LogP contribution in [0.1, 0.15) is 59.1 Å². The Balaban J connectivity index is 1.44. The predicted octanol–water partition coefficient (Wildman–Crippen LogP) is 3.76. The van der Waals surface area contributed by atoms with E-state index in [0.717, 1.165) is 31.8 Å². The minimum Gasteiger partial charge on any atom is -0.444 e. The first-order chi connectivity index (χ1) is 13.7. The highest BCUT2D eigenvalue weighted by molar-refractivity contribution is 7.13. The molecule has 0 aromatic carbocycles. The van der Waals surface area contributed by atoms with Crippen molar-refractivity contribution in [2.75, 3.05) is 31.5 Å². The fraction of sp³-hybridized carbons (Fsp3) is 0.762. The van der Waals surface area contributed by atoms with E-state index in [1.807, 2.05) is 31.1 Å². The number of carbonyl (C=O) groups excluding carboxylic acids is 2. The summed E-state index contributed by atoms with van der Waals surface area (Å²) in [6, 6.07) is 0.616. The van der Waals surface area contributed by atoms with Crippen molar-refractivity contribution < 1.29 is 14.3 Å². The number of nitrogens with one attached hydrogen (secondary N) is 1. The highest BCUT2D eigenvalue weighted by Crippen LogP contribution is 2.24. The molecule has 0 radical (unpaired) electrons. The summed E-state index contributed by atoms with van der Waals surface area (Å²) in [7, 11) is 0. The van der Waals surface area contributed by atoms with Gasteiger partial charge >= 0.3 is 6.09 Å². The minimum absolute atomic E-state index is 0.115. The van der Waals surface area contributed by atoms with Crippen molar-refractivity contribution in [1.29, 1.82) is 0 Å². The molecule has 1 aromatic rings. The third-order valence-corrected chi connectivity index (χ3v) is 6.32. The molecule has 1 unspecified atom stereocenters. The van der Waals surface area contributed by atoms with Crippen LogP contribution in [0.15, 0.2) is 5.38 Å². The number of thiazole rings is 1. The van der Waals surface area contributed by atoms with Gasteiger partial charge in [0, 0.05) is 31.1 Å². The van der Waals surface area contributed by atoms with Crippen LogP contribution < -0.4 is 5.32 Å². The van der Waals surface area contributed by atoms with E-state index in [0.29, 0.717) is 16.9 Å². The molecule has 2 aliphatic rings. The molecule has 0 spiro atoms. The highest BCUT2D eigenvalue weighted by atomic mass is 32.1. The molecule has 2 amide bonds. The van der Waals surface area contributed by atoms with Gasteiger partial charge in [-0.05, 0) is 58.9 Å². The van der Waals surface area contributed by atoms with Crippen LogP contribution in [-0.2, 0) is 16.0 Å². The summed E-state index contributed by atoms with van der Waals surface area (Å²) in [6.45, 7) is 11.8. The van der Waals surface area contributed by atoms with Gasteiger partial charge in [0.15, 0.2) is 5.13 Å². The van der Waals surface area contributed by atoms with Gasteiger partial charge in [0.05, 0.1) is 12.1 Å². The summed E-state index contributed by atoms with van der Waals surface area (Å²) in [6.07, 6.45) is 4.49. The van der Waals surface area contributed by atoms with Gasteiger partial charge < -0.3 is 9.64 Å². The monoisotopic (exact) mass is 422 g/mol. The Bertz CT molecular complexity index is 707. The van der Waals surface area contributed by atoms with Crippen molar-refractivity contribution in [3.63, 3.8) is 0 Å². The number of amides is 2. The first kappa shape index (κ1) is 22.0. The zero-order chi connectivity index (χ0) is 21.0. The maximum Gasteiger partial charge on any atom is 0.413 e. The summed E-state index contributed by atoms with van der Waals surface area (Å²) in [4.78, 5) is 33.5. The molecule has 2 aliphatic heterocycles. The van der Waals surface area contributed by atoms with E-state index < -0.39 is 11.7 Å². The number of rotatable bonds is 4. The molecule has 29 heavy (non-hydrogen) atoms. The van der Waals surface area contributed by atoms with Crippen molar-refractivity contribution in [1.82, 2.24) is 14.8 Å². The number of hydrogen-bond donors (Lipinski definition) is 1. The average Bonchev–Trinajstić information content (AvgIpc) is 3.06. The number of anilines is 1. The first-order valence-corrected chi connectivity index (χ1v) is 11.5. The van der Waals surface area contributed by atoms with Crippen LogP contribution in [0.3, 0.4) is 0 Å². The molecule has 3 heterocycles. The number of ether oxygens (including phenoxy) is 1. The van der Waals surface area contributed by atoms with Crippen LogP contribution in [0.25, 0.3) is 0 Å². The van der Waals surface area contributed by atoms with Gasteiger partial charge in [0.2, 0.25) is 5.91 Å². The first-order valence-electron chi connectivity index (χ1n) is 10.7. The topological polar surface area (TPSA) is 74.8 Å². The quantitative estimate of drug-likeness (QED) is 0.800. The number of nitrogens with zero attached hydrogens (tertiary/aromatic N) is 3. The predicted molar refractivity (Wildman–Crippen MR) is 115 cm³/mol. The van der Waals surface area contributed by atoms with Gasteiger partial charge in [0.1, 0.15) is 5.60 Å². The average molecular weight is 423 g/mol. The van der Waals surface area contributed by atoms with Crippen LogP contribution in [0, 0.1) is 5.92 Å². The second-order valence-corrected chi connectivity index (χ2v) is 10.2. The third-order valence-electron chi connectivity index (χ3n) is 5.51. The van der Waals surface area contributed by atoms with Gasteiger partial charge in [-0.25, -0.2) is 9.78 Å². The largest absolute Gasteiger partial charge is 0.444 e. The third kappa shape index (κ3) is 6.67. The van der Waals surface area contributed by atoms with E-state index >= 15 is 0 Å². The smallest absolute Gasteiger partial charge is 0.413 e. The molecule has 8 heteroatoms. The van der Waals surface area contributed by atoms with E-state index in [9.17, 15) is 9.59 Å². The molecule has 2 saturated heterocycles. The van der Waals surface area contributed by atoms with E-state index in [4.69, 9.17) is 4.74 Å². The van der Waals surface area contributed by atoms with Crippen molar-refractivity contribution >= 4 is 28.5 Å². The number of hydrogen-bond acceptors (Lipinski definition) is 6. The second-order valence-electron chi connectivity index (χ2n) is 9.30. The van der Waals surface area contributed by atoms with Crippen LogP contribution in [0.4, 0.5) is 9.93 Å². The number of likely N-dealkylation sites (tertiary alicyclic amines) is 2. The van der Waals surface area contributed by atoms with Crippen molar-refractivity contribution in [3.05, 3.63) is 11.1 Å². The Morgan fingerprint density at radius 1 is 1.24 bits per heavy atom. The SMILES string of the molecule is CC1CCCN(C2CCN(C(=O)Cc3csc(NC(=O)OC(C)(C)C)n3)CC2)C1. The maximum absolute atomic E-state index is 12.7. The van der Waals surface area contributed by atoms with E-state index in [2.05, 4.69) is 22.1 Å². The van der Waals surface area contributed by atoms with Gasteiger partial charge in [-0.3, -0.25) is 15.0 Å². The van der Waals surface area contributed by atoms with E-state index in [-0.39, 0.29) is 12.3 Å². The lowest BCUT2D eigenvalue weighted by Gasteiger charge is -2.41. The fourth-order valence-electron chi connectivity index (χ4n) is 4.14. The van der Waals surface area contributed by atoms with Crippen molar-refractivity contribution in [3.8, 4) is 0 Å². The summed E-state index contributed by atoms with van der Waals surface area (Å²) in [5.74, 6) is 0.904. The Morgan fingerprint density at radius 3 is 2.62 bits per heavy atom. The van der Waals surface area contributed by atoms with Crippen molar-refractivity contribution in [2.24, 2.45) is 5.92 Å². The summed E-state index contributed by atoms with van der Waals surface area (Å²) in [5.41, 5.74) is 0.136. The lowest BCUT2D eigenvalue weighted by Crippen LogP contribution is -2.49. The Labute approximate surface area is 177 Å². The summed E-state index contributed by atoms with van der Waals surface area (Å²) in [5, 5.41) is 4.92. The Kier molecular flexibility index (Phi) is 7.16. The second kappa shape index (κ2) is 9.43. The number of piperidine rings is 2. The van der Waals surface area contributed by atoms with Crippen LogP contribution >= 0.6 is 11.3 Å². The van der Waals surface area contributed by atoms with Gasteiger partial charge in [-0.15, -0.1) is 11.3 Å². The molecule has 0 aliphatic carbocycles. The van der Waals surface area contributed by atoms with Crippen LogP contribution in [0.2, 0.25) is 0 Å². The lowest BCUT2D eigenvalue weighted by atomic mass is 9.95. The Hall–Kier alpha value is -1.67. The molecular formula is C21H34N4O3S. The minimum atomic E-state index is -0.557. The van der Waals surface area contributed by atoms with E-state index in [1.165, 1.54) is 37.3 Å². The number of carbonyl (C=O) groups is 2. The maximum atomic E-state index is 12.7. The highest BCUT2D eigenvalue weighted by Gasteiger charge is 2.29. The number of aromatic nitrogens is 1. The Morgan fingerprint density at radius 2 is 1.97 bits per heavy atom. The molecule has 7 nitrogen and oxygen atoms in total. The molecule has 1 N–H and O–H groups in total. The zero-order valence-corrected chi connectivity index (χ0v) is 18.9. The van der Waals surface area contributed by atoms with Crippen molar-refractivity contribution in [2.45, 2.75) is 71.4 Å². The molecule has 0 saturated carbocycles. The molecule has 162 valence electrons. The van der Waals surface area contributed by atoms with Gasteiger partial charge in [0.25, 0.3) is 0 Å². The molecule has 1 atom stereocenters. The molecule has 3 rings (SSSR count). The standard InChI is InChI=1S/C21H34N4O3S/c1-15-6-5-9-25(13-15)17-7-10-24(11-8-17)18(26)12-16-14-29-19(22-16)23-20(27)28-21(2,3)4/h14-15,17H,5-13H2,1-4H3,(H,22,23,27).